The van der Waals surface area contributed by atoms with Crippen LogP contribution in [0.4, 0.5) is 0 Å². The van der Waals surface area contributed by atoms with E-state index in [1.54, 1.807) is 7.11 Å². The summed E-state index contributed by atoms with van der Waals surface area (Å²) in [4.78, 5) is 0. The number of hydrogen-bond donors (Lipinski definition) is 1. The minimum absolute atomic E-state index is 0.300. The standard InChI is InChI=1S/C14H23NO/c1-14(2,3)10-12(15-4)11-8-6-7-9-13(11)16-5/h6-9,12,15H,10H2,1-5H3. The van der Waals surface area contributed by atoms with Crippen LogP contribution in [0.3, 0.4) is 0 Å². The van der Waals surface area contributed by atoms with Crippen LogP contribution in [0.25, 0.3) is 0 Å². The summed E-state index contributed by atoms with van der Waals surface area (Å²) < 4.78 is 5.40. The van der Waals surface area contributed by atoms with Crippen LogP contribution in [0.5, 0.6) is 5.75 Å². The van der Waals surface area contributed by atoms with Gasteiger partial charge in [-0.3, -0.25) is 0 Å². The highest BCUT2D eigenvalue weighted by Crippen LogP contribution is 2.33. The van der Waals surface area contributed by atoms with Gasteiger partial charge in [-0.2, -0.15) is 0 Å². The van der Waals surface area contributed by atoms with Crippen molar-refractivity contribution in [3.63, 3.8) is 0 Å². The molecule has 1 aromatic rings. The van der Waals surface area contributed by atoms with Gasteiger partial charge >= 0.3 is 0 Å². The van der Waals surface area contributed by atoms with Crippen molar-refractivity contribution >= 4 is 0 Å². The Kier molecular flexibility index (Phi) is 4.36. The third kappa shape index (κ3) is 3.53. The van der Waals surface area contributed by atoms with Gasteiger partial charge in [-0.1, -0.05) is 39.0 Å². The molecule has 0 amide bonds. The van der Waals surface area contributed by atoms with E-state index in [0.29, 0.717) is 11.5 Å². The Bertz CT molecular complexity index is 328. The minimum Gasteiger partial charge on any atom is -0.496 e. The van der Waals surface area contributed by atoms with Gasteiger partial charge in [0.2, 0.25) is 0 Å². The van der Waals surface area contributed by atoms with Crippen LogP contribution in [0.1, 0.15) is 38.8 Å². The topological polar surface area (TPSA) is 21.3 Å². The molecule has 0 saturated heterocycles. The van der Waals surface area contributed by atoms with Crippen LogP contribution < -0.4 is 10.1 Å². The third-order valence-corrected chi connectivity index (χ3v) is 2.68. The largest absolute Gasteiger partial charge is 0.496 e. The summed E-state index contributed by atoms with van der Waals surface area (Å²) in [5, 5.41) is 3.37. The SMILES string of the molecule is CNC(CC(C)(C)C)c1ccccc1OC. The van der Waals surface area contributed by atoms with Crippen LogP contribution in [0.15, 0.2) is 24.3 Å². The lowest BCUT2D eigenvalue weighted by Crippen LogP contribution is -2.22. The molecule has 1 aromatic carbocycles. The number of rotatable bonds is 4. The Balaban J connectivity index is 2.94. The highest BCUT2D eigenvalue weighted by atomic mass is 16.5. The smallest absolute Gasteiger partial charge is 0.123 e. The molecule has 90 valence electrons. The molecule has 16 heavy (non-hydrogen) atoms. The van der Waals surface area contributed by atoms with Gasteiger partial charge in [0.1, 0.15) is 5.75 Å². The normalized spacial score (nSPS) is 13.6. The molecule has 0 aliphatic heterocycles. The zero-order valence-corrected chi connectivity index (χ0v) is 11.0. The molecule has 0 aromatic heterocycles. The first kappa shape index (κ1) is 13.0. The first-order valence-electron chi connectivity index (χ1n) is 5.78. The molecule has 0 bridgehead atoms. The molecule has 1 unspecified atom stereocenters. The molecule has 2 nitrogen and oxygen atoms in total. The molecule has 0 radical (unpaired) electrons. The van der Waals surface area contributed by atoms with E-state index < -0.39 is 0 Å². The predicted octanol–water partition coefficient (Wildman–Crippen LogP) is 3.39. The molecular formula is C14H23NO. The maximum Gasteiger partial charge on any atom is 0.123 e. The average molecular weight is 221 g/mol. The maximum absolute atomic E-state index is 5.40. The summed E-state index contributed by atoms with van der Waals surface area (Å²) in [6.07, 6.45) is 1.09. The first-order chi connectivity index (χ1) is 7.48. The maximum atomic E-state index is 5.40. The predicted molar refractivity (Wildman–Crippen MR) is 68.9 cm³/mol. The second-order valence-electron chi connectivity index (χ2n) is 5.35. The van der Waals surface area contributed by atoms with Gasteiger partial charge in [-0.25, -0.2) is 0 Å². The fraction of sp³-hybridized carbons (Fsp3) is 0.571. The summed E-state index contributed by atoms with van der Waals surface area (Å²) in [6.45, 7) is 6.77. The average Bonchev–Trinajstić information content (AvgIpc) is 2.24. The quantitative estimate of drug-likeness (QED) is 0.841. The summed E-state index contributed by atoms with van der Waals surface area (Å²) in [5.74, 6) is 0.964. The van der Waals surface area contributed by atoms with E-state index in [2.05, 4.69) is 38.2 Å². The van der Waals surface area contributed by atoms with E-state index in [4.69, 9.17) is 4.74 Å². The third-order valence-electron chi connectivity index (χ3n) is 2.68. The molecule has 1 atom stereocenters. The highest BCUT2D eigenvalue weighted by Gasteiger charge is 2.21. The molecule has 0 spiro atoms. The van der Waals surface area contributed by atoms with E-state index >= 15 is 0 Å². The van der Waals surface area contributed by atoms with Crippen LogP contribution in [0.2, 0.25) is 0 Å². The minimum atomic E-state index is 0.300. The van der Waals surface area contributed by atoms with Crippen molar-refractivity contribution in [3.05, 3.63) is 29.8 Å². The lowest BCUT2D eigenvalue weighted by atomic mass is 9.85. The Hall–Kier alpha value is -1.02. The zero-order valence-electron chi connectivity index (χ0n) is 11.0. The van der Waals surface area contributed by atoms with Gasteiger partial charge < -0.3 is 10.1 Å². The van der Waals surface area contributed by atoms with E-state index in [1.165, 1.54) is 5.56 Å². The Labute approximate surface area is 99.0 Å². The van der Waals surface area contributed by atoms with Crippen LogP contribution in [0, 0.1) is 5.41 Å². The molecule has 0 fully saturated rings. The number of para-hydroxylation sites is 1. The van der Waals surface area contributed by atoms with Gasteiger partial charge in [-0.15, -0.1) is 0 Å². The molecule has 1 N–H and O–H groups in total. The lowest BCUT2D eigenvalue weighted by Gasteiger charge is -2.27. The summed E-state index contributed by atoms with van der Waals surface area (Å²) in [7, 11) is 3.73. The van der Waals surface area contributed by atoms with E-state index in [-0.39, 0.29) is 0 Å². The monoisotopic (exact) mass is 221 g/mol. The van der Waals surface area contributed by atoms with Gasteiger partial charge in [-0.05, 0) is 24.9 Å². The van der Waals surface area contributed by atoms with Crippen molar-refractivity contribution in [1.82, 2.24) is 5.32 Å². The molecule has 0 aliphatic carbocycles. The van der Waals surface area contributed by atoms with Crippen LogP contribution in [-0.4, -0.2) is 14.2 Å². The first-order valence-corrected chi connectivity index (χ1v) is 5.78. The molecule has 0 aliphatic rings. The second kappa shape index (κ2) is 5.35. The van der Waals surface area contributed by atoms with E-state index in [0.717, 1.165) is 12.2 Å². The summed E-state index contributed by atoms with van der Waals surface area (Å²) in [5.41, 5.74) is 1.54. The number of hydrogen-bond acceptors (Lipinski definition) is 2. The number of benzene rings is 1. The van der Waals surface area contributed by atoms with Crippen LogP contribution in [-0.2, 0) is 0 Å². The van der Waals surface area contributed by atoms with Crippen molar-refractivity contribution in [1.29, 1.82) is 0 Å². The summed E-state index contributed by atoms with van der Waals surface area (Å²) >= 11 is 0. The van der Waals surface area contributed by atoms with Crippen LogP contribution >= 0.6 is 0 Å². The van der Waals surface area contributed by atoms with Crippen molar-refractivity contribution in [3.8, 4) is 5.75 Å². The molecule has 0 heterocycles. The molecular weight excluding hydrogens is 198 g/mol. The highest BCUT2D eigenvalue weighted by molar-refractivity contribution is 5.35. The number of ether oxygens (including phenoxy) is 1. The fourth-order valence-electron chi connectivity index (χ4n) is 1.93. The van der Waals surface area contributed by atoms with Crippen molar-refractivity contribution in [2.24, 2.45) is 5.41 Å². The van der Waals surface area contributed by atoms with Crippen molar-refractivity contribution in [2.75, 3.05) is 14.2 Å². The second-order valence-corrected chi connectivity index (χ2v) is 5.35. The van der Waals surface area contributed by atoms with Crippen molar-refractivity contribution < 1.29 is 4.74 Å². The Morgan fingerprint density at radius 2 is 1.88 bits per heavy atom. The number of methoxy groups -OCH3 is 1. The zero-order chi connectivity index (χ0) is 12.2. The van der Waals surface area contributed by atoms with E-state index in [9.17, 15) is 0 Å². The lowest BCUT2D eigenvalue weighted by molar-refractivity contribution is 0.313. The van der Waals surface area contributed by atoms with E-state index in [1.807, 2.05) is 19.2 Å². The molecule has 2 heteroatoms. The van der Waals surface area contributed by atoms with Gasteiger partial charge in [0, 0.05) is 11.6 Å². The summed E-state index contributed by atoms with van der Waals surface area (Å²) in [6, 6.07) is 8.56. The van der Waals surface area contributed by atoms with Gasteiger partial charge in [0.15, 0.2) is 0 Å². The Morgan fingerprint density at radius 1 is 1.25 bits per heavy atom. The Morgan fingerprint density at radius 3 is 2.38 bits per heavy atom. The number of nitrogens with one attached hydrogen (secondary N) is 1. The molecule has 0 saturated carbocycles. The van der Waals surface area contributed by atoms with Gasteiger partial charge in [0.05, 0.1) is 7.11 Å². The molecule has 1 rings (SSSR count). The van der Waals surface area contributed by atoms with Gasteiger partial charge in [0.25, 0.3) is 0 Å². The van der Waals surface area contributed by atoms with Crippen molar-refractivity contribution in [2.45, 2.75) is 33.2 Å². The fourth-order valence-corrected chi connectivity index (χ4v) is 1.93.